The first kappa shape index (κ1) is 13.7. The Morgan fingerprint density at radius 1 is 1.21 bits per heavy atom. The number of hydrogen-bond acceptors (Lipinski definition) is 2. The molecular formula is C15H15ClFNO. The molecule has 0 aliphatic heterocycles. The van der Waals surface area contributed by atoms with Gasteiger partial charge in [-0.3, -0.25) is 0 Å². The molecule has 0 amide bonds. The number of nitrogens with two attached hydrogens (primary N) is 1. The van der Waals surface area contributed by atoms with Crippen molar-refractivity contribution in [3.63, 3.8) is 0 Å². The second kappa shape index (κ2) is 5.93. The molecule has 0 fully saturated rings. The van der Waals surface area contributed by atoms with Crippen molar-refractivity contribution in [1.82, 2.24) is 0 Å². The molecule has 0 heterocycles. The molecule has 0 atom stereocenters. The van der Waals surface area contributed by atoms with Crippen LogP contribution in [0.2, 0.25) is 5.02 Å². The Kier molecular flexibility index (Phi) is 4.27. The van der Waals surface area contributed by atoms with Crippen molar-refractivity contribution in [2.75, 3.05) is 5.73 Å². The van der Waals surface area contributed by atoms with Crippen molar-refractivity contribution < 1.29 is 9.13 Å². The van der Waals surface area contributed by atoms with E-state index in [0.717, 1.165) is 17.5 Å². The first-order valence-corrected chi connectivity index (χ1v) is 6.43. The smallest absolute Gasteiger partial charge is 0.142 e. The van der Waals surface area contributed by atoms with E-state index in [-0.39, 0.29) is 12.4 Å². The van der Waals surface area contributed by atoms with E-state index in [1.54, 1.807) is 6.07 Å². The standard InChI is InChI=1S/C15H15ClFNO/c1-2-10-3-6-15(14(18)7-10)19-9-11-4-5-12(17)8-13(11)16/h3-8H,2,9,18H2,1H3. The van der Waals surface area contributed by atoms with Crippen LogP contribution < -0.4 is 10.5 Å². The minimum Gasteiger partial charge on any atom is -0.487 e. The molecule has 0 aliphatic rings. The highest BCUT2D eigenvalue weighted by Crippen LogP contribution is 2.25. The third-order valence-corrected chi connectivity index (χ3v) is 3.23. The lowest BCUT2D eigenvalue weighted by Crippen LogP contribution is -2.00. The number of hydrogen-bond donors (Lipinski definition) is 1. The molecule has 0 saturated heterocycles. The predicted octanol–water partition coefficient (Wildman–Crippen LogP) is 4.20. The number of anilines is 1. The number of nitrogen functional groups attached to an aromatic ring is 1. The number of ether oxygens (including phenoxy) is 1. The zero-order chi connectivity index (χ0) is 13.8. The van der Waals surface area contributed by atoms with Gasteiger partial charge >= 0.3 is 0 Å². The summed E-state index contributed by atoms with van der Waals surface area (Å²) < 4.78 is 18.5. The summed E-state index contributed by atoms with van der Waals surface area (Å²) in [4.78, 5) is 0. The summed E-state index contributed by atoms with van der Waals surface area (Å²) in [6.45, 7) is 2.32. The molecule has 2 N–H and O–H groups in total. The summed E-state index contributed by atoms with van der Waals surface area (Å²) in [5.74, 6) is 0.248. The molecule has 0 saturated carbocycles. The molecule has 2 aromatic rings. The largest absolute Gasteiger partial charge is 0.487 e. The van der Waals surface area contributed by atoms with E-state index in [2.05, 4.69) is 6.92 Å². The van der Waals surface area contributed by atoms with E-state index in [0.29, 0.717) is 16.5 Å². The summed E-state index contributed by atoms with van der Waals surface area (Å²) in [7, 11) is 0. The van der Waals surface area contributed by atoms with Gasteiger partial charge in [0.1, 0.15) is 18.2 Å². The molecule has 100 valence electrons. The molecule has 0 unspecified atom stereocenters. The van der Waals surface area contributed by atoms with Gasteiger partial charge in [-0.15, -0.1) is 0 Å². The van der Waals surface area contributed by atoms with Crippen LogP contribution >= 0.6 is 11.6 Å². The maximum atomic E-state index is 12.9. The zero-order valence-electron chi connectivity index (χ0n) is 10.6. The van der Waals surface area contributed by atoms with Gasteiger partial charge in [0.15, 0.2) is 0 Å². The Bertz CT molecular complexity index is 586. The lowest BCUT2D eigenvalue weighted by Gasteiger charge is -2.11. The second-order valence-electron chi connectivity index (χ2n) is 4.25. The fraction of sp³-hybridized carbons (Fsp3) is 0.200. The number of halogens is 2. The first-order valence-electron chi connectivity index (χ1n) is 6.05. The summed E-state index contributed by atoms with van der Waals surface area (Å²) in [5.41, 5.74) is 8.38. The van der Waals surface area contributed by atoms with E-state index in [1.165, 1.54) is 12.1 Å². The minimum absolute atomic E-state index is 0.259. The average molecular weight is 280 g/mol. The molecule has 2 nitrogen and oxygen atoms in total. The normalized spacial score (nSPS) is 10.5. The topological polar surface area (TPSA) is 35.2 Å². The van der Waals surface area contributed by atoms with E-state index < -0.39 is 0 Å². The molecule has 0 spiro atoms. The average Bonchev–Trinajstić information content (AvgIpc) is 2.39. The highest BCUT2D eigenvalue weighted by molar-refractivity contribution is 6.31. The van der Waals surface area contributed by atoms with Gasteiger partial charge in [0.2, 0.25) is 0 Å². The van der Waals surface area contributed by atoms with Gasteiger partial charge in [-0.1, -0.05) is 30.7 Å². The Morgan fingerprint density at radius 3 is 2.63 bits per heavy atom. The van der Waals surface area contributed by atoms with Crippen molar-refractivity contribution in [3.8, 4) is 5.75 Å². The summed E-state index contributed by atoms with van der Waals surface area (Å²) in [5, 5.41) is 0.351. The van der Waals surface area contributed by atoms with Gasteiger partial charge in [-0.2, -0.15) is 0 Å². The van der Waals surface area contributed by atoms with E-state index >= 15 is 0 Å². The summed E-state index contributed by atoms with van der Waals surface area (Å²) >= 11 is 5.93. The maximum absolute atomic E-state index is 12.9. The Labute approximate surface area is 117 Å². The first-order chi connectivity index (χ1) is 9.10. The third-order valence-electron chi connectivity index (χ3n) is 2.88. The Hall–Kier alpha value is -1.74. The van der Waals surface area contributed by atoms with Crippen molar-refractivity contribution in [2.45, 2.75) is 20.0 Å². The van der Waals surface area contributed by atoms with Crippen LogP contribution in [0.25, 0.3) is 0 Å². The fourth-order valence-electron chi connectivity index (χ4n) is 1.74. The van der Waals surface area contributed by atoms with Crippen LogP contribution in [0.15, 0.2) is 36.4 Å². The van der Waals surface area contributed by atoms with Crippen LogP contribution in [0, 0.1) is 5.82 Å². The lowest BCUT2D eigenvalue weighted by molar-refractivity contribution is 0.308. The van der Waals surface area contributed by atoms with Gasteiger partial charge < -0.3 is 10.5 Å². The van der Waals surface area contributed by atoms with Gasteiger partial charge in [0.05, 0.1) is 10.7 Å². The number of aryl methyl sites for hydroxylation is 1. The van der Waals surface area contributed by atoms with Gasteiger partial charge in [-0.25, -0.2) is 4.39 Å². The number of benzene rings is 2. The summed E-state index contributed by atoms with van der Waals surface area (Å²) in [6.07, 6.45) is 0.925. The van der Waals surface area contributed by atoms with Crippen LogP contribution in [0.4, 0.5) is 10.1 Å². The van der Waals surface area contributed by atoms with Gasteiger partial charge in [-0.05, 0) is 36.2 Å². The molecule has 0 bridgehead atoms. The minimum atomic E-state index is -0.361. The molecule has 0 radical (unpaired) electrons. The molecule has 2 rings (SSSR count). The monoisotopic (exact) mass is 279 g/mol. The Morgan fingerprint density at radius 2 is 2.00 bits per heavy atom. The highest BCUT2D eigenvalue weighted by atomic mass is 35.5. The van der Waals surface area contributed by atoms with Crippen LogP contribution in [-0.2, 0) is 13.0 Å². The molecule has 0 aromatic heterocycles. The quantitative estimate of drug-likeness (QED) is 0.851. The lowest BCUT2D eigenvalue weighted by atomic mass is 10.1. The SMILES string of the molecule is CCc1ccc(OCc2ccc(F)cc2Cl)c(N)c1. The van der Waals surface area contributed by atoms with Crippen LogP contribution in [0.3, 0.4) is 0 Å². The molecule has 19 heavy (non-hydrogen) atoms. The van der Waals surface area contributed by atoms with E-state index in [4.69, 9.17) is 22.1 Å². The van der Waals surface area contributed by atoms with E-state index in [9.17, 15) is 4.39 Å². The van der Waals surface area contributed by atoms with Crippen LogP contribution in [-0.4, -0.2) is 0 Å². The maximum Gasteiger partial charge on any atom is 0.142 e. The highest BCUT2D eigenvalue weighted by Gasteiger charge is 2.05. The predicted molar refractivity (Wildman–Crippen MR) is 76.0 cm³/mol. The third kappa shape index (κ3) is 3.38. The number of rotatable bonds is 4. The van der Waals surface area contributed by atoms with Crippen LogP contribution in [0.1, 0.15) is 18.1 Å². The van der Waals surface area contributed by atoms with Gasteiger partial charge in [0.25, 0.3) is 0 Å². The van der Waals surface area contributed by atoms with Crippen molar-refractivity contribution in [2.24, 2.45) is 0 Å². The van der Waals surface area contributed by atoms with Crippen molar-refractivity contribution in [3.05, 3.63) is 58.4 Å². The van der Waals surface area contributed by atoms with E-state index in [1.807, 2.05) is 18.2 Å². The van der Waals surface area contributed by atoms with Crippen molar-refractivity contribution >= 4 is 17.3 Å². The van der Waals surface area contributed by atoms with Crippen LogP contribution in [0.5, 0.6) is 5.75 Å². The molecular weight excluding hydrogens is 265 g/mol. The molecule has 2 aromatic carbocycles. The van der Waals surface area contributed by atoms with Gasteiger partial charge in [0, 0.05) is 5.56 Å². The Balaban J connectivity index is 2.10. The van der Waals surface area contributed by atoms with Crippen molar-refractivity contribution in [1.29, 1.82) is 0 Å². The fourth-order valence-corrected chi connectivity index (χ4v) is 1.97. The molecule has 4 heteroatoms. The second-order valence-corrected chi connectivity index (χ2v) is 4.66. The molecule has 0 aliphatic carbocycles. The zero-order valence-corrected chi connectivity index (χ0v) is 11.4. The summed E-state index contributed by atoms with van der Waals surface area (Å²) in [6, 6.07) is 9.93.